The first kappa shape index (κ1) is 20.7. The smallest absolute Gasteiger partial charge is 0.258 e. The summed E-state index contributed by atoms with van der Waals surface area (Å²) in [6, 6.07) is 7.43. The first-order valence-electron chi connectivity index (χ1n) is 11.0. The molecule has 1 aromatic carbocycles. The minimum atomic E-state index is -0.670. The Bertz CT molecular complexity index is 841. The Balaban J connectivity index is 1.63. The van der Waals surface area contributed by atoms with Crippen LogP contribution in [0.5, 0.6) is 5.75 Å². The van der Waals surface area contributed by atoms with Crippen molar-refractivity contribution in [2.24, 2.45) is 0 Å². The van der Waals surface area contributed by atoms with Crippen molar-refractivity contribution in [3.8, 4) is 5.75 Å². The Morgan fingerprint density at radius 2 is 1.97 bits per heavy atom. The van der Waals surface area contributed by atoms with Crippen molar-refractivity contribution >= 4 is 17.7 Å². The summed E-state index contributed by atoms with van der Waals surface area (Å²) in [6.45, 7) is 3.76. The van der Waals surface area contributed by atoms with Gasteiger partial charge >= 0.3 is 0 Å². The van der Waals surface area contributed by atoms with E-state index in [-0.39, 0.29) is 30.3 Å². The first-order valence-corrected chi connectivity index (χ1v) is 11.0. The highest BCUT2D eigenvalue weighted by molar-refractivity contribution is 5.99. The van der Waals surface area contributed by atoms with Gasteiger partial charge in [0.1, 0.15) is 17.9 Å². The maximum atomic E-state index is 13.4. The molecular formula is C23H31N3O4. The normalized spacial score (nSPS) is 27.4. The highest BCUT2D eigenvalue weighted by Crippen LogP contribution is 2.35. The van der Waals surface area contributed by atoms with E-state index in [1.807, 2.05) is 23.1 Å². The third-order valence-corrected chi connectivity index (χ3v) is 6.78. The molecule has 4 rings (SSSR count). The molecule has 162 valence electrons. The number of nitrogens with zero attached hydrogens (tertiary/aromatic N) is 3. The SMILES string of the molecule is CC1CCCCN1C(=O)CN1CC2(CCC(=O)N(C)CC2)Oc2ccccc2C1=O. The van der Waals surface area contributed by atoms with E-state index in [0.29, 0.717) is 43.7 Å². The molecule has 0 radical (unpaired) electrons. The predicted molar refractivity (Wildman–Crippen MR) is 112 cm³/mol. The molecule has 3 aliphatic heterocycles. The molecule has 2 fully saturated rings. The molecule has 1 aromatic rings. The Morgan fingerprint density at radius 1 is 1.17 bits per heavy atom. The van der Waals surface area contributed by atoms with Crippen LogP contribution < -0.4 is 4.74 Å². The lowest BCUT2D eigenvalue weighted by molar-refractivity contribution is -0.135. The fourth-order valence-corrected chi connectivity index (χ4v) is 4.85. The summed E-state index contributed by atoms with van der Waals surface area (Å²) in [4.78, 5) is 44.0. The third-order valence-electron chi connectivity index (χ3n) is 6.78. The van der Waals surface area contributed by atoms with Crippen LogP contribution in [-0.4, -0.2) is 77.3 Å². The first-order chi connectivity index (χ1) is 14.4. The van der Waals surface area contributed by atoms with Crippen molar-refractivity contribution in [2.45, 2.75) is 57.1 Å². The summed E-state index contributed by atoms with van der Waals surface area (Å²) in [7, 11) is 1.80. The van der Waals surface area contributed by atoms with E-state index in [9.17, 15) is 14.4 Å². The number of fused-ring (bicyclic) bond motifs is 1. The molecule has 0 bridgehead atoms. The molecule has 2 atom stereocenters. The van der Waals surface area contributed by atoms with E-state index in [0.717, 1.165) is 25.8 Å². The van der Waals surface area contributed by atoms with E-state index >= 15 is 0 Å². The zero-order chi connectivity index (χ0) is 21.3. The second-order valence-corrected chi connectivity index (χ2v) is 8.94. The van der Waals surface area contributed by atoms with Crippen LogP contribution >= 0.6 is 0 Å². The molecule has 7 nitrogen and oxygen atoms in total. The van der Waals surface area contributed by atoms with E-state index in [1.165, 1.54) is 0 Å². The van der Waals surface area contributed by atoms with Gasteiger partial charge in [-0.05, 0) is 44.7 Å². The molecule has 3 aliphatic rings. The third kappa shape index (κ3) is 4.02. The zero-order valence-corrected chi connectivity index (χ0v) is 17.9. The van der Waals surface area contributed by atoms with Gasteiger partial charge in [-0.1, -0.05) is 12.1 Å². The van der Waals surface area contributed by atoms with Gasteiger partial charge in [-0.2, -0.15) is 0 Å². The Hall–Kier alpha value is -2.57. The number of piperidine rings is 1. The molecule has 2 saturated heterocycles. The molecule has 3 heterocycles. The highest BCUT2D eigenvalue weighted by Gasteiger charge is 2.43. The van der Waals surface area contributed by atoms with E-state index < -0.39 is 5.60 Å². The minimum absolute atomic E-state index is 0.00750. The number of amides is 3. The summed E-state index contributed by atoms with van der Waals surface area (Å²) in [6.07, 6.45) is 4.68. The number of para-hydroxylation sites is 1. The van der Waals surface area contributed by atoms with Crippen LogP contribution in [0.1, 0.15) is 55.8 Å². The number of benzene rings is 1. The number of hydrogen-bond acceptors (Lipinski definition) is 4. The number of likely N-dealkylation sites (tertiary alicyclic amines) is 2. The Kier molecular flexibility index (Phi) is 5.71. The molecule has 3 amide bonds. The lowest BCUT2D eigenvalue weighted by Crippen LogP contribution is -2.52. The zero-order valence-electron chi connectivity index (χ0n) is 17.9. The van der Waals surface area contributed by atoms with Crippen LogP contribution in [0.25, 0.3) is 0 Å². The Morgan fingerprint density at radius 3 is 2.77 bits per heavy atom. The minimum Gasteiger partial charge on any atom is -0.485 e. The van der Waals surface area contributed by atoms with Crippen LogP contribution in [0.2, 0.25) is 0 Å². The average Bonchev–Trinajstić information content (AvgIpc) is 2.95. The molecular weight excluding hydrogens is 382 g/mol. The standard InChI is InChI=1S/C23H31N3O4/c1-17-7-5-6-13-26(17)21(28)15-25-16-23(11-10-20(27)24(2)14-12-23)30-19-9-4-3-8-18(19)22(25)29/h3-4,8-9,17H,5-7,10-16H2,1-2H3. The summed E-state index contributed by atoms with van der Waals surface area (Å²) < 4.78 is 6.44. The fourth-order valence-electron chi connectivity index (χ4n) is 4.85. The number of rotatable bonds is 2. The second-order valence-electron chi connectivity index (χ2n) is 8.94. The molecule has 0 N–H and O–H groups in total. The van der Waals surface area contributed by atoms with Crippen LogP contribution in [-0.2, 0) is 9.59 Å². The maximum Gasteiger partial charge on any atom is 0.258 e. The monoisotopic (exact) mass is 413 g/mol. The van der Waals surface area contributed by atoms with Gasteiger partial charge in [0, 0.05) is 39.0 Å². The summed E-state index contributed by atoms with van der Waals surface area (Å²) in [5.74, 6) is 0.446. The van der Waals surface area contributed by atoms with Gasteiger partial charge in [-0.3, -0.25) is 14.4 Å². The van der Waals surface area contributed by atoms with Gasteiger partial charge in [0.2, 0.25) is 11.8 Å². The quantitative estimate of drug-likeness (QED) is 0.746. The fraction of sp³-hybridized carbons (Fsp3) is 0.609. The van der Waals surface area contributed by atoms with Crippen molar-refractivity contribution in [1.29, 1.82) is 0 Å². The highest BCUT2D eigenvalue weighted by atomic mass is 16.5. The van der Waals surface area contributed by atoms with Crippen molar-refractivity contribution in [1.82, 2.24) is 14.7 Å². The molecule has 1 spiro atoms. The summed E-state index contributed by atoms with van der Waals surface area (Å²) in [5.41, 5.74) is -0.186. The van der Waals surface area contributed by atoms with Crippen LogP contribution in [0.3, 0.4) is 0 Å². The van der Waals surface area contributed by atoms with Crippen LogP contribution in [0.4, 0.5) is 0 Å². The van der Waals surface area contributed by atoms with Crippen LogP contribution in [0, 0.1) is 0 Å². The predicted octanol–water partition coefficient (Wildman–Crippen LogP) is 2.30. The molecule has 0 saturated carbocycles. The molecule has 0 aromatic heterocycles. The molecule has 30 heavy (non-hydrogen) atoms. The van der Waals surface area contributed by atoms with E-state index in [1.54, 1.807) is 22.9 Å². The van der Waals surface area contributed by atoms with Gasteiger partial charge in [0.25, 0.3) is 5.91 Å². The molecule has 7 heteroatoms. The maximum absolute atomic E-state index is 13.4. The largest absolute Gasteiger partial charge is 0.485 e. The van der Waals surface area contributed by atoms with E-state index in [4.69, 9.17) is 4.74 Å². The lowest BCUT2D eigenvalue weighted by atomic mass is 9.93. The molecule has 0 aliphatic carbocycles. The van der Waals surface area contributed by atoms with Gasteiger partial charge in [-0.15, -0.1) is 0 Å². The van der Waals surface area contributed by atoms with Crippen molar-refractivity contribution in [3.05, 3.63) is 29.8 Å². The van der Waals surface area contributed by atoms with Gasteiger partial charge < -0.3 is 19.4 Å². The van der Waals surface area contributed by atoms with Crippen molar-refractivity contribution < 1.29 is 19.1 Å². The summed E-state index contributed by atoms with van der Waals surface area (Å²) in [5, 5.41) is 0. The average molecular weight is 414 g/mol. The van der Waals surface area contributed by atoms with E-state index in [2.05, 4.69) is 6.92 Å². The van der Waals surface area contributed by atoms with Crippen molar-refractivity contribution in [3.63, 3.8) is 0 Å². The van der Waals surface area contributed by atoms with Gasteiger partial charge in [0.15, 0.2) is 0 Å². The topological polar surface area (TPSA) is 70.2 Å². The van der Waals surface area contributed by atoms with Gasteiger partial charge in [0.05, 0.1) is 12.1 Å². The molecule has 2 unspecified atom stereocenters. The number of hydrogen-bond donors (Lipinski definition) is 0. The van der Waals surface area contributed by atoms with Crippen molar-refractivity contribution in [2.75, 3.05) is 33.2 Å². The number of ether oxygens (including phenoxy) is 1. The van der Waals surface area contributed by atoms with Gasteiger partial charge in [-0.25, -0.2) is 0 Å². The lowest BCUT2D eigenvalue weighted by Gasteiger charge is -2.37. The summed E-state index contributed by atoms with van der Waals surface area (Å²) >= 11 is 0. The number of carbonyl (C=O) groups is 3. The number of carbonyl (C=O) groups excluding carboxylic acids is 3. The van der Waals surface area contributed by atoms with Crippen LogP contribution in [0.15, 0.2) is 24.3 Å². The Labute approximate surface area is 177 Å². The second kappa shape index (κ2) is 8.28.